The molecule has 8 nitrogen and oxygen atoms in total. The molecule has 0 saturated carbocycles. The number of carboxylic acids is 1. The molecule has 2 N–H and O–H groups in total. The van der Waals surface area contributed by atoms with Crippen molar-refractivity contribution >= 4 is 17.8 Å². The van der Waals surface area contributed by atoms with E-state index < -0.39 is 23.9 Å². The van der Waals surface area contributed by atoms with Crippen LogP contribution >= 0.6 is 0 Å². The van der Waals surface area contributed by atoms with E-state index in [-0.39, 0.29) is 19.3 Å². The van der Waals surface area contributed by atoms with Gasteiger partial charge in [0, 0.05) is 6.42 Å². The van der Waals surface area contributed by atoms with Crippen LogP contribution in [0.15, 0.2) is 18.2 Å². The minimum atomic E-state index is -1.07. The first-order chi connectivity index (χ1) is 11.4. The second kappa shape index (κ2) is 9.39. The number of carbonyl (C=O) groups is 3. The Kier molecular flexibility index (Phi) is 7.54. The molecule has 0 heterocycles. The van der Waals surface area contributed by atoms with Gasteiger partial charge in [-0.2, -0.15) is 0 Å². The van der Waals surface area contributed by atoms with Crippen LogP contribution in [-0.4, -0.2) is 44.3 Å². The summed E-state index contributed by atoms with van der Waals surface area (Å²) in [6.45, 7) is 0. The van der Waals surface area contributed by atoms with Crippen LogP contribution < -0.4 is 14.8 Å². The number of hydrogen-bond acceptors (Lipinski definition) is 6. The lowest BCUT2D eigenvalue weighted by atomic mass is 10.0. The number of amides is 1. The van der Waals surface area contributed by atoms with E-state index in [0.29, 0.717) is 17.1 Å². The number of carboxylic acid groups (broad SMARTS) is 1. The monoisotopic (exact) mass is 339 g/mol. The Hall–Kier alpha value is -2.77. The van der Waals surface area contributed by atoms with Gasteiger partial charge in [0.2, 0.25) is 5.91 Å². The maximum atomic E-state index is 11.9. The molecular weight excluding hydrogens is 318 g/mol. The Morgan fingerprint density at radius 3 is 2.29 bits per heavy atom. The molecule has 0 aliphatic heterocycles. The maximum Gasteiger partial charge on any atom is 0.307 e. The van der Waals surface area contributed by atoms with E-state index in [1.165, 1.54) is 21.3 Å². The molecule has 1 aromatic carbocycles. The quantitative estimate of drug-likeness (QED) is 0.652. The van der Waals surface area contributed by atoms with E-state index in [1.54, 1.807) is 18.2 Å². The third-order valence-electron chi connectivity index (χ3n) is 3.31. The highest BCUT2D eigenvalue weighted by Gasteiger charge is 2.21. The highest BCUT2D eigenvalue weighted by molar-refractivity contribution is 5.81. The Bertz CT molecular complexity index is 600. The lowest BCUT2D eigenvalue weighted by Crippen LogP contribution is -2.30. The van der Waals surface area contributed by atoms with Crippen LogP contribution in [0.4, 0.5) is 0 Å². The highest BCUT2D eigenvalue weighted by atomic mass is 16.5. The summed E-state index contributed by atoms with van der Waals surface area (Å²) in [7, 11) is 4.22. The van der Waals surface area contributed by atoms with Crippen molar-refractivity contribution in [1.29, 1.82) is 0 Å². The van der Waals surface area contributed by atoms with Crippen LogP contribution in [0.25, 0.3) is 0 Å². The Morgan fingerprint density at radius 2 is 1.75 bits per heavy atom. The van der Waals surface area contributed by atoms with Gasteiger partial charge in [0.15, 0.2) is 11.5 Å². The van der Waals surface area contributed by atoms with Crippen molar-refractivity contribution in [2.45, 2.75) is 25.3 Å². The molecule has 0 bridgehead atoms. The third-order valence-corrected chi connectivity index (χ3v) is 3.31. The predicted molar refractivity (Wildman–Crippen MR) is 83.9 cm³/mol. The average molecular weight is 339 g/mol. The number of carbonyl (C=O) groups excluding carboxylic acids is 2. The second-order valence-electron chi connectivity index (χ2n) is 4.91. The van der Waals surface area contributed by atoms with Crippen LogP contribution in [0, 0.1) is 0 Å². The van der Waals surface area contributed by atoms with Crippen molar-refractivity contribution < 1.29 is 33.7 Å². The lowest BCUT2D eigenvalue weighted by Gasteiger charge is -2.19. The van der Waals surface area contributed by atoms with Gasteiger partial charge in [-0.1, -0.05) is 6.07 Å². The number of aliphatic carboxylic acids is 1. The van der Waals surface area contributed by atoms with Gasteiger partial charge in [0.05, 0.1) is 40.2 Å². The standard InChI is InChI=1S/C16H21NO7/c1-22-12-5-4-10(8-13(12)23-2)11(9-16(21)24-3)17-14(18)6-7-15(19)20/h4-5,8,11H,6-7,9H2,1-3H3,(H,17,18)(H,19,20). The van der Waals surface area contributed by atoms with Crippen molar-refractivity contribution in [2.24, 2.45) is 0 Å². The first-order valence-electron chi connectivity index (χ1n) is 7.21. The molecule has 0 aliphatic rings. The molecule has 132 valence electrons. The molecule has 1 aromatic rings. The zero-order valence-electron chi connectivity index (χ0n) is 13.8. The average Bonchev–Trinajstić information content (AvgIpc) is 2.58. The number of methoxy groups -OCH3 is 3. The molecule has 0 aliphatic carbocycles. The number of benzene rings is 1. The molecule has 1 rings (SSSR count). The molecule has 0 aromatic heterocycles. The molecule has 0 radical (unpaired) electrons. The summed E-state index contributed by atoms with van der Waals surface area (Å²) in [6.07, 6.45) is -0.562. The van der Waals surface area contributed by atoms with Crippen molar-refractivity contribution in [1.82, 2.24) is 5.32 Å². The molecule has 1 unspecified atom stereocenters. The van der Waals surface area contributed by atoms with Crippen molar-refractivity contribution in [3.05, 3.63) is 23.8 Å². The van der Waals surface area contributed by atoms with Crippen molar-refractivity contribution in [3.8, 4) is 11.5 Å². The predicted octanol–water partition coefficient (Wildman–Crippen LogP) is 1.29. The first kappa shape index (κ1) is 19.3. The second-order valence-corrected chi connectivity index (χ2v) is 4.91. The number of nitrogens with one attached hydrogen (secondary N) is 1. The van der Waals surface area contributed by atoms with Crippen LogP contribution in [0.3, 0.4) is 0 Å². The van der Waals surface area contributed by atoms with Crippen LogP contribution in [0.2, 0.25) is 0 Å². The van der Waals surface area contributed by atoms with E-state index in [4.69, 9.17) is 14.6 Å². The number of rotatable bonds is 9. The Labute approximate surface area is 139 Å². The normalized spacial score (nSPS) is 11.3. The molecule has 24 heavy (non-hydrogen) atoms. The highest BCUT2D eigenvalue weighted by Crippen LogP contribution is 2.31. The minimum Gasteiger partial charge on any atom is -0.493 e. The van der Waals surface area contributed by atoms with Gasteiger partial charge < -0.3 is 24.6 Å². The number of ether oxygens (including phenoxy) is 3. The summed E-state index contributed by atoms with van der Waals surface area (Å²) < 4.78 is 15.0. The van der Waals surface area contributed by atoms with Gasteiger partial charge in [-0.05, 0) is 17.7 Å². The number of hydrogen-bond donors (Lipinski definition) is 2. The SMILES string of the molecule is COC(=O)CC(NC(=O)CCC(=O)O)c1ccc(OC)c(OC)c1. The Balaban J connectivity index is 2.98. The molecule has 1 atom stereocenters. The largest absolute Gasteiger partial charge is 0.493 e. The van der Waals surface area contributed by atoms with Gasteiger partial charge >= 0.3 is 11.9 Å². The van der Waals surface area contributed by atoms with Gasteiger partial charge in [-0.25, -0.2) is 0 Å². The van der Waals surface area contributed by atoms with Crippen LogP contribution in [0.5, 0.6) is 11.5 Å². The third kappa shape index (κ3) is 5.79. The minimum absolute atomic E-state index is 0.0925. The van der Waals surface area contributed by atoms with Gasteiger partial charge in [0.1, 0.15) is 0 Å². The Morgan fingerprint density at radius 1 is 1.08 bits per heavy atom. The fraction of sp³-hybridized carbons (Fsp3) is 0.438. The van der Waals surface area contributed by atoms with Gasteiger partial charge in [0.25, 0.3) is 0 Å². The first-order valence-corrected chi connectivity index (χ1v) is 7.21. The molecule has 0 fully saturated rings. The summed E-state index contributed by atoms with van der Waals surface area (Å²) in [5.41, 5.74) is 0.613. The lowest BCUT2D eigenvalue weighted by molar-refractivity contribution is -0.142. The molecule has 0 spiro atoms. The fourth-order valence-corrected chi connectivity index (χ4v) is 2.06. The maximum absolute atomic E-state index is 11.9. The smallest absolute Gasteiger partial charge is 0.307 e. The summed E-state index contributed by atoms with van der Waals surface area (Å²) in [6, 6.07) is 4.32. The topological polar surface area (TPSA) is 111 Å². The summed E-state index contributed by atoms with van der Waals surface area (Å²) in [4.78, 5) is 34.0. The van der Waals surface area contributed by atoms with Crippen molar-refractivity contribution in [3.63, 3.8) is 0 Å². The van der Waals surface area contributed by atoms with Crippen LogP contribution in [0.1, 0.15) is 30.9 Å². The van der Waals surface area contributed by atoms with Crippen molar-refractivity contribution in [2.75, 3.05) is 21.3 Å². The van der Waals surface area contributed by atoms with E-state index in [1.807, 2.05) is 0 Å². The molecule has 0 saturated heterocycles. The fourth-order valence-electron chi connectivity index (χ4n) is 2.06. The van der Waals surface area contributed by atoms with Gasteiger partial charge in [-0.3, -0.25) is 14.4 Å². The van der Waals surface area contributed by atoms with E-state index in [2.05, 4.69) is 10.1 Å². The zero-order chi connectivity index (χ0) is 18.1. The molecular formula is C16H21NO7. The molecule has 1 amide bonds. The summed E-state index contributed by atoms with van der Waals surface area (Å²) >= 11 is 0. The zero-order valence-corrected chi connectivity index (χ0v) is 13.8. The summed E-state index contributed by atoms with van der Waals surface area (Å²) in [5, 5.41) is 11.3. The van der Waals surface area contributed by atoms with E-state index in [9.17, 15) is 14.4 Å². The molecule has 8 heteroatoms. The van der Waals surface area contributed by atoms with E-state index in [0.717, 1.165) is 0 Å². The van der Waals surface area contributed by atoms with Crippen LogP contribution in [-0.2, 0) is 19.1 Å². The van der Waals surface area contributed by atoms with Gasteiger partial charge in [-0.15, -0.1) is 0 Å². The number of esters is 1. The van der Waals surface area contributed by atoms with E-state index >= 15 is 0 Å². The summed E-state index contributed by atoms with van der Waals surface area (Å²) in [5.74, 6) is -1.09.